The van der Waals surface area contributed by atoms with E-state index in [0.29, 0.717) is 21.7 Å². The third kappa shape index (κ3) is 5.84. The molecule has 3 aromatic carbocycles. The Bertz CT molecular complexity index is 1690. The fraction of sp³-hybridized carbons (Fsp3) is 0.406. The highest BCUT2D eigenvalue weighted by atomic mass is 32.2. The molecule has 0 saturated heterocycles. The van der Waals surface area contributed by atoms with Gasteiger partial charge in [0.25, 0.3) is 0 Å². The molecular weight excluding hydrogens is 540 g/mol. The van der Waals surface area contributed by atoms with Crippen molar-refractivity contribution in [3.05, 3.63) is 70.2 Å². The lowest BCUT2D eigenvalue weighted by Crippen LogP contribution is -2.30. The van der Waals surface area contributed by atoms with Crippen LogP contribution < -0.4 is 0 Å². The van der Waals surface area contributed by atoms with Crippen LogP contribution in [0.4, 0.5) is 0 Å². The number of nitrogens with zero attached hydrogens (tertiary/aromatic N) is 2. The van der Waals surface area contributed by atoms with Gasteiger partial charge < -0.3 is 0 Å². The van der Waals surface area contributed by atoms with E-state index in [-0.39, 0.29) is 34.1 Å². The third-order valence-electron chi connectivity index (χ3n) is 6.93. The Labute approximate surface area is 241 Å². The average molecular weight is 579 g/mol. The van der Waals surface area contributed by atoms with Gasteiger partial charge in [-0.25, -0.2) is 4.98 Å². The van der Waals surface area contributed by atoms with Crippen LogP contribution in [-0.2, 0) is 19.2 Å². The van der Waals surface area contributed by atoms with Gasteiger partial charge in [0, 0.05) is 10.8 Å². The second-order valence-electron chi connectivity index (χ2n) is 12.2. The molecule has 6 nitrogen and oxygen atoms in total. The van der Waals surface area contributed by atoms with E-state index in [2.05, 4.69) is 24.0 Å². The predicted octanol–water partition coefficient (Wildman–Crippen LogP) is 8.54. The van der Waals surface area contributed by atoms with Crippen LogP contribution in [0.15, 0.2) is 58.6 Å². The summed E-state index contributed by atoms with van der Waals surface area (Å²) in [5.74, 6) is -0.255. The Balaban J connectivity index is 1.89. The SMILES string of the molecule is CC(C)c1cc(C(C)C)c(S(=O)(=O)O/N=C(\C(=O)C(C)(C)C)c2nc3ccc4ccccc4c3s2)c(C(C)C)c1. The van der Waals surface area contributed by atoms with Crippen molar-refractivity contribution >= 4 is 53.9 Å². The standard InChI is InChI=1S/C32H38N2O4S2/c1-18(2)22-16-24(19(3)4)29(25(17-22)20(5)6)40(36,37)38-34-27(30(35)32(7,8)9)31-33-26-15-14-21-12-10-11-13-23(21)28(26)39-31/h10-20H,1-9H3/b34-27+. The zero-order chi connectivity index (χ0) is 29.6. The molecular formula is C32H38N2O4S2. The zero-order valence-electron chi connectivity index (χ0n) is 24.7. The summed E-state index contributed by atoms with van der Waals surface area (Å²) in [6.07, 6.45) is 0. The number of hydrogen-bond acceptors (Lipinski definition) is 7. The number of carbonyl (C=O) groups excluding carboxylic acids is 1. The molecule has 8 heteroatoms. The molecule has 1 heterocycles. The summed E-state index contributed by atoms with van der Waals surface area (Å²) in [4.78, 5) is 18.4. The van der Waals surface area contributed by atoms with Crippen molar-refractivity contribution in [2.75, 3.05) is 0 Å². The zero-order valence-corrected chi connectivity index (χ0v) is 26.3. The van der Waals surface area contributed by atoms with Gasteiger partial charge in [0.05, 0.1) is 10.2 Å². The highest BCUT2D eigenvalue weighted by Gasteiger charge is 2.33. The number of aromatic nitrogens is 1. The minimum absolute atomic E-state index is 0.0678. The van der Waals surface area contributed by atoms with Crippen LogP contribution in [0.5, 0.6) is 0 Å². The number of carbonyl (C=O) groups is 1. The van der Waals surface area contributed by atoms with E-state index in [4.69, 9.17) is 4.28 Å². The first-order chi connectivity index (χ1) is 18.6. The lowest BCUT2D eigenvalue weighted by molar-refractivity contribution is -0.119. The largest absolute Gasteiger partial charge is 0.359 e. The summed E-state index contributed by atoms with van der Waals surface area (Å²) < 4.78 is 34.0. The first-order valence-corrected chi connectivity index (χ1v) is 15.9. The van der Waals surface area contributed by atoms with Crippen molar-refractivity contribution in [3.8, 4) is 0 Å². The third-order valence-corrected chi connectivity index (χ3v) is 9.29. The van der Waals surface area contributed by atoms with Crippen LogP contribution in [0.25, 0.3) is 21.0 Å². The molecule has 0 unspecified atom stereocenters. The Morgan fingerprint density at radius 1 is 0.900 bits per heavy atom. The van der Waals surface area contributed by atoms with Crippen molar-refractivity contribution in [1.29, 1.82) is 0 Å². The van der Waals surface area contributed by atoms with E-state index in [1.165, 1.54) is 11.3 Å². The van der Waals surface area contributed by atoms with E-state index in [9.17, 15) is 13.2 Å². The number of ketones is 1. The molecule has 0 radical (unpaired) electrons. The smallest absolute Gasteiger partial charge is 0.292 e. The fourth-order valence-corrected chi connectivity index (χ4v) is 7.08. The molecule has 0 aliphatic carbocycles. The van der Waals surface area contributed by atoms with Gasteiger partial charge in [0.15, 0.2) is 11.5 Å². The topological polar surface area (TPSA) is 85.7 Å². The minimum atomic E-state index is -4.36. The maximum Gasteiger partial charge on any atom is 0.359 e. The van der Waals surface area contributed by atoms with Crippen LogP contribution in [0, 0.1) is 5.41 Å². The quantitative estimate of drug-likeness (QED) is 0.154. The van der Waals surface area contributed by atoms with E-state index in [1.807, 2.05) is 76.2 Å². The highest BCUT2D eigenvalue weighted by Crippen LogP contribution is 2.37. The average Bonchev–Trinajstić information content (AvgIpc) is 3.31. The van der Waals surface area contributed by atoms with Gasteiger partial charge >= 0.3 is 10.1 Å². The molecule has 0 bridgehead atoms. The van der Waals surface area contributed by atoms with Crippen LogP contribution in [-0.4, -0.2) is 24.9 Å². The lowest BCUT2D eigenvalue weighted by atomic mass is 9.88. The van der Waals surface area contributed by atoms with Gasteiger partial charge in [-0.3, -0.25) is 9.08 Å². The molecule has 1 aromatic heterocycles. The summed E-state index contributed by atoms with van der Waals surface area (Å²) in [6, 6.07) is 15.7. The number of hydrogen-bond donors (Lipinski definition) is 0. The molecule has 0 N–H and O–H groups in total. The van der Waals surface area contributed by atoms with Crippen molar-refractivity contribution < 1.29 is 17.5 Å². The summed E-state index contributed by atoms with van der Waals surface area (Å²) in [5, 5.41) is 6.45. The summed E-state index contributed by atoms with van der Waals surface area (Å²) in [6.45, 7) is 17.3. The first kappa shape index (κ1) is 29.9. The van der Waals surface area contributed by atoms with Gasteiger partial charge in [-0.1, -0.05) is 110 Å². The van der Waals surface area contributed by atoms with Gasteiger partial charge in [0.1, 0.15) is 9.90 Å². The van der Waals surface area contributed by atoms with Crippen molar-refractivity contribution in [2.24, 2.45) is 10.6 Å². The molecule has 0 saturated carbocycles. The van der Waals surface area contributed by atoms with Gasteiger partial charge in [0.2, 0.25) is 0 Å². The number of Topliss-reactive ketones (excluding diaryl/α,β-unsaturated/α-hetero) is 1. The number of oxime groups is 1. The lowest BCUT2D eigenvalue weighted by Gasteiger charge is -2.22. The minimum Gasteiger partial charge on any atom is -0.292 e. The van der Waals surface area contributed by atoms with E-state index >= 15 is 0 Å². The molecule has 0 aliphatic rings. The summed E-state index contributed by atoms with van der Waals surface area (Å²) in [7, 11) is -4.36. The van der Waals surface area contributed by atoms with Crippen LogP contribution >= 0.6 is 11.3 Å². The molecule has 4 aromatic rings. The Hall–Kier alpha value is -3.10. The Morgan fingerprint density at radius 3 is 2.05 bits per heavy atom. The van der Waals surface area contributed by atoms with Crippen molar-refractivity contribution in [3.63, 3.8) is 0 Å². The number of rotatable bonds is 8. The van der Waals surface area contributed by atoms with Gasteiger partial charge in [-0.2, -0.15) is 8.42 Å². The molecule has 0 amide bonds. The monoisotopic (exact) mass is 578 g/mol. The van der Waals surface area contributed by atoms with E-state index in [1.54, 1.807) is 20.8 Å². The molecule has 4 rings (SSSR count). The molecule has 0 aliphatic heterocycles. The molecule has 0 fully saturated rings. The van der Waals surface area contributed by atoms with Crippen molar-refractivity contribution in [2.45, 2.75) is 85.0 Å². The molecule has 40 heavy (non-hydrogen) atoms. The number of fused-ring (bicyclic) bond motifs is 3. The van der Waals surface area contributed by atoms with Crippen molar-refractivity contribution in [1.82, 2.24) is 4.98 Å². The maximum atomic E-state index is 13.9. The Morgan fingerprint density at radius 2 is 1.50 bits per heavy atom. The van der Waals surface area contributed by atoms with Crippen LogP contribution in [0.1, 0.15) is 102 Å². The van der Waals surface area contributed by atoms with E-state index < -0.39 is 15.5 Å². The van der Waals surface area contributed by atoms with Gasteiger partial charge in [-0.05, 0) is 45.9 Å². The highest BCUT2D eigenvalue weighted by molar-refractivity contribution is 7.86. The summed E-state index contributed by atoms with van der Waals surface area (Å²) in [5.41, 5.74) is 2.21. The van der Waals surface area contributed by atoms with Crippen LogP contribution in [0.2, 0.25) is 0 Å². The van der Waals surface area contributed by atoms with E-state index in [0.717, 1.165) is 21.0 Å². The molecule has 0 atom stereocenters. The normalized spacial score (nSPS) is 13.2. The number of thiazole rings is 1. The second kappa shape index (κ2) is 11.1. The molecule has 212 valence electrons. The summed E-state index contributed by atoms with van der Waals surface area (Å²) >= 11 is 1.31. The maximum absolute atomic E-state index is 13.9. The van der Waals surface area contributed by atoms with Gasteiger partial charge in [-0.15, -0.1) is 11.3 Å². The number of benzene rings is 3. The van der Waals surface area contributed by atoms with Crippen LogP contribution in [0.3, 0.4) is 0 Å². The molecule has 0 spiro atoms. The second-order valence-corrected chi connectivity index (χ2v) is 14.7. The Kier molecular flexibility index (Phi) is 8.25. The first-order valence-electron chi connectivity index (χ1n) is 13.6. The predicted molar refractivity (Wildman–Crippen MR) is 165 cm³/mol. The fourth-order valence-electron chi connectivity index (χ4n) is 4.59.